The van der Waals surface area contributed by atoms with Crippen molar-refractivity contribution in [2.45, 2.75) is 90.4 Å². The van der Waals surface area contributed by atoms with Gasteiger partial charge in [0.2, 0.25) is 5.91 Å². The summed E-state index contributed by atoms with van der Waals surface area (Å²) < 4.78 is 1.06. The molecule has 1 N–H and O–H groups in total. The first-order valence-electron chi connectivity index (χ1n) is 10.7. The van der Waals surface area contributed by atoms with Gasteiger partial charge < -0.3 is 22.2 Å². The Morgan fingerprint density at radius 3 is 1.69 bits per heavy atom. The van der Waals surface area contributed by atoms with E-state index >= 15 is 0 Å². The lowest BCUT2D eigenvalue weighted by atomic mass is 10.1. The Kier molecular flexibility index (Phi) is 20.5. The molecule has 3 nitrogen and oxygen atoms in total. The molecule has 4 heteroatoms. The number of nitrogens with one attached hydrogen (secondary N) is 1. The van der Waals surface area contributed by atoms with Gasteiger partial charge in [-0.25, -0.2) is 0 Å². The topological polar surface area (TPSA) is 29.1 Å². The van der Waals surface area contributed by atoms with Crippen LogP contribution in [-0.2, 0) is 4.79 Å². The van der Waals surface area contributed by atoms with Gasteiger partial charge in [0.25, 0.3) is 0 Å². The van der Waals surface area contributed by atoms with Crippen molar-refractivity contribution in [1.29, 1.82) is 0 Å². The molecule has 0 aromatic carbocycles. The number of hydrogen-bond acceptors (Lipinski definition) is 1. The lowest BCUT2D eigenvalue weighted by Crippen LogP contribution is -3.00. The summed E-state index contributed by atoms with van der Waals surface area (Å²) in [5, 5.41) is 2.85. The van der Waals surface area contributed by atoms with Gasteiger partial charge in [0, 0.05) is 13.0 Å². The van der Waals surface area contributed by atoms with E-state index in [2.05, 4.69) is 32.9 Å². The van der Waals surface area contributed by atoms with Crippen LogP contribution < -0.4 is 17.7 Å². The molecule has 0 fully saturated rings. The highest BCUT2D eigenvalue weighted by Gasteiger charge is 2.13. The normalized spacial score (nSPS) is 11.0. The van der Waals surface area contributed by atoms with E-state index < -0.39 is 0 Å². The quantitative estimate of drug-likeness (QED) is 0.218. The van der Waals surface area contributed by atoms with Gasteiger partial charge in [-0.05, 0) is 18.9 Å². The highest BCUT2D eigenvalue weighted by atomic mass is 35.5. The first kappa shape index (κ1) is 27.7. The zero-order valence-electron chi connectivity index (χ0n) is 17.8. The van der Waals surface area contributed by atoms with Crippen molar-refractivity contribution in [2.75, 3.05) is 33.7 Å². The molecule has 0 spiro atoms. The van der Waals surface area contributed by atoms with Crippen molar-refractivity contribution in [3.8, 4) is 0 Å². The molecule has 1 amide bonds. The maximum absolute atomic E-state index is 11.1. The lowest BCUT2D eigenvalue weighted by Gasteiger charge is -2.30. The van der Waals surface area contributed by atoms with Crippen LogP contribution in [0.2, 0.25) is 0 Å². The van der Waals surface area contributed by atoms with E-state index in [1.54, 1.807) is 0 Å². The lowest BCUT2D eigenvalue weighted by molar-refractivity contribution is -0.890. The summed E-state index contributed by atoms with van der Waals surface area (Å²) in [7, 11) is 4.60. The molecular weight excluding hydrogens is 344 g/mol. The number of amides is 1. The third-order valence-corrected chi connectivity index (χ3v) is 5.04. The van der Waals surface area contributed by atoms with Crippen molar-refractivity contribution in [1.82, 2.24) is 5.32 Å². The zero-order chi connectivity index (χ0) is 18.8. The predicted octanol–water partition coefficient (Wildman–Crippen LogP) is 2.46. The minimum atomic E-state index is -0.0636. The molecule has 0 saturated heterocycles. The Balaban J connectivity index is 0. The van der Waals surface area contributed by atoms with Gasteiger partial charge in [0.05, 0.1) is 27.2 Å². The fourth-order valence-electron chi connectivity index (χ4n) is 3.28. The minimum Gasteiger partial charge on any atom is -1.00 e. The summed E-state index contributed by atoms with van der Waals surface area (Å²) in [6.45, 7) is 8.87. The third kappa shape index (κ3) is 19.8. The molecule has 0 aliphatic carbocycles. The second-order valence-corrected chi connectivity index (χ2v) is 8.12. The summed E-state index contributed by atoms with van der Waals surface area (Å²) in [6.07, 6.45) is 19.3. The average Bonchev–Trinajstić information content (AvgIpc) is 2.59. The summed E-state index contributed by atoms with van der Waals surface area (Å²) in [5.74, 6) is -0.0636. The highest BCUT2D eigenvalue weighted by molar-refractivity contribution is 5.86. The molecule has 0 aliphatic heterocycles. The smallest absolute Gasteiger partial charge is 0.243 e. The Bertz CT molecular complexity index is 332. The molecule has 26 heavy (non-hydrogen) atoms. The Morgan fingerprint density at radius 1 is 0.808 bits per heavy atom. The molecule has 0 unspecified atom stereocenters. The maximum atomic E-state index is 11.1. The van der Waals surface area contributed by atoms with Crippen LogP contribution in [0.4, 0.5) is 0 Å². The van der Waals surface area contributed by atoms with Crippen LogP contribution in [0.25, 0.3) is 0 Å². The van der Waals surface area contributed by atoms with Gasteiger partial charge >= 0.3 is 0 Å². The molecule has 0 aromatic rings. The molecule has 156 valence electrons. The Labute approximate surface area is 170 Å². The van der Waals surface area contributed by atoms with Gasteiger partial charge in [-0.2, -0.15) is 0 Å². The van der Waals surface area contributed by atoms with Crippen molar-refractivity contribution in [3.05, 3.63) is 12.7 Å². The summed E-state index contributed by atoms with van der Waals surface area (Å²) in [4.78, 5) is 11.1. The van der Waals surface area contributed by atoms with Gasteiger partial charge in [-0.15, -0.1) is 0 Å². The largest absolute Gasteiger partial charge is 1.00 e. The SMILES string of the molecule is C=CC(=O)NCCC[N+](C)(C)CCCCCCCCCCCCCC.[Cl-]. The number of nitrogens with zero attached hydrogens (tertiary/aromatic N) is 1. The van der Waals surface area contributed by atoms with Crippen LogP contribution in [0.15, 0.2) is 12.7 Å². The molecule has 0 heterocycles. The fourth-order valence-corrected chi connectivity index (χ4v) is 3.28. The van der Waals surface area contributed by atoms with E-state index in [1.807, 2.05) is 0 Å². The van der Waals surface area contributed by atoms with Crippen molar-refractivity contribution >= 4 is 5.91 Å². The predicted molar refractivity (Wildman–Crippen MR) is 111 cm³/mol. The third-order valence-electron chi connectivity index (χ3n) is 5.04. The molecular formula is C22H45ClN2O. The van der Waals surface area contributed by atoms with Crippen molar-refractivity contribution in [3.63, 3.8) is 0 Å². The van der Waals surface area contributed by atoms with E-state index in [0.29, 0.717) is 0 Å². The monoisotopic (exact) mass is 388 g/mol. The van der Waals surface area contributed by atoms with Crippen LogP contribution >= 0.6 is 0 Å². The van der Waals surface area contributed by atoms with Crippen molar-refractivity contribution in [2.24, 2.45) is 0 Å². The van der Waals surface area contributed by atoms with E-state index in [9.17, 15) is 4.79 Å². The Morgan fingerprint density at radius 2 is 1.23 bits per heavy atom. The summed E-state index contributed by atoms with van der Waals surface area (Å²) >= 11 is 0. The van der Waals surface area contributed by atoms with Gasteiger partial charge in [-0.1, -0.05) is 77.7 Å². The van der Waals surface area contributed by atoms with Gasteiger partial charge in [-0.3, -0.25) is 4.79 Å². The second kappa shape index (κ2) is 19.2. The zero-order valence-corrected chi connectivity index (χ0v) is 18.6. The number of quaternary nitrogens is 1. The number of unbranched alkanes of at least 4 members (excludes halogenated alkanes) is 11. The standard InChI is InChI=1S/C22H44N2O.ClH/c1-5-7-8-9-10-11-12-13-14-15-16-17-20-24(3,4)21-18-19-23-22(25)6-2;/h6H,2,5,7-21H2,1,3-4H3;1H. The van der Waals surface area contributed by atoms with Crippen LogP contribution in [0.1, 0.15) is 90.4 Å². The summed E-state index contributed by atoms with van der Waals surface area (Å²) in [6, 6.07) is 0. The first-order valence-corrected chi connectivity index (χ1v) is 10.7. The second-order valence-electron chi connectivity index (χ2n) is 8.12. The number of hydrogen-bond donors (Lipinski definition) is 1. The molecule has 0 radical (unpaired) electrons. The number of carbonyl (C=O) groups excluding carboxylic acids is 1. The molecule has 0 rings (SSSR count). The van der Waals surface area contributed by atoms with Gasteiger partial charge in [0.1, 0.15) is 0 Å². The number of rotatable bonds is 18. The first-order chi connectivity index (χ1) is 12.0. The van der Waals surface area contributed by atoms with E-state index in [-0.39, 0.29) is 18.3 Å². The Hall–Kier alpha value is -0.540. The molecule has 0 saturated carbocycles. The van der Waals surface area contributed by atoms with Crippen LogP contribution in [0, 0.1) is 0 Å². The van der Waals surface area contributed by atoms with E-state index in [4.69, 9.17) is 0 Å². The number of carbonyl (C=O) groups is 1. The molecule has 0 atom stereocenters. The molecule has 0 aliphatic rings. The fraction of sp³-hybridized carbons (Fsp3) is 0.864. The summed E-state index contributed by atoms with van der Waals surface area (Å²) in [5.41, 5.74) is 0. The minimum absolute atomic E-state index is 0. The number of halogens is 1. The van der Waals surface area contributed by atoms with E-state index in [1.165, 1.54) is 89.7 Å². The molecule has 0 aromatic heterocycles. The van der Waals surface area contributed by atoms with E-state index in [0.717, 1.165) is 24.0 Å². The highest BCUT2D eigenvalue weighted by Crippen LogP contribution is 2.12. The average molecular weight is 389 g/mol. The van der Waals surface area contributed by atoms with Crippen LogP contribution in [0.3, 0.4) is 0 Å². The van der Waals surface area contributed by atoms with Crippen LogP contribution in [-0.4, -0.2) is 44.1 Å². The van der Waals surface area contributed by atoms with Gasteiger partial charge in [0.15, 0.2) is 0 Å². The molecule has 0 bridgehead atoms. The van der Waals surface area contributed by atoms with Crippen molar-refractivity contribution < 1.29 is 21.7 Å². The van der Waals surface area contributed by atoms with Crippen LogP contribution in [0.5, 0.6) is 0 Å². The maximum Gasteiger partial charge on any atom is 0.243 e.